The van der Waals surface area contributed by atoms with Gasteiger partial charge in [-0.1, -0.05) is 45.4 Å². The largest absolute Gasteiger partial charge is 0.477 e. The zero-order valence-corrected chi connectivity index (χ0v) is 13.1. The van der Waals surface area contributed by atoms with Crippen LogP contribution in [0.1, 0.15) is 68.8 Å². The van der Waals surface area contributed by atoms with Crippen molar-refractivity contribution in [3.63, 3.8) is 0 Å². The summed E-state index contributed by atoms with van der Waals surface area (Å²) in [5, 5.41) is 9.15. The smallest absolute Gasteiger partial charge is 0.352 e. The summed E-state index contributed by atoms with van der Waals surface area (Å²) in [5.74, 6) is -0.878. The summed E-state index contributed by atoms with van der Waals surface area (Å²) in [6, 6.07) is 3.39. The Morgan fingerprint density at radius 1 is 1.25 bits per heavy atom. The van der Waals surface area contributed by atoms with E-state index in [1.165, 1.54) is 38.5 Å². The summed E-state index contributed by atoms with van der Waals surface area (Å²) in [4.78, 5) is 11.0. The number of aromatic carboxylic acids is 1. The van der Waals surface area contributed by atoms with Crippen molar-refractivity contribution in [1.29, 1.82) is 0 Å². The number of carboxylic acid groups (broad SMARTS) is 1. The van der Waals surface area contributed by atoms with Gasteiger partial charge in [-0.25, -0.2) is 4.79 Å². The van der Waals surface area contributed by atoms with Gasteiger partial charge in [-0.05, 0) is 25.0 Å². The van der Waals surface area contributed by atoms with E-state index in [0.29, 0.717) is 12.2 Å². The summed E-state index contributed by atoms with van der Waals surface area (Å²) in [6.45, 7) is 2.90. The molecule has 0 saturated carbocycles. The molecule has 114 valence electrons. The molecule has 0 radical (unpaired) electrons. The van der Waals surface area contributed by atoms with Crippen molar-refractivity contribution in [2.45, 2.75) is 70.2 Å². The third-order valence-electron chi connectivity index (χ3n) is 3.60. The van der Waals surface area contributed by atoms with E-state index in [-0.39, 0.29) is 5.38 Å². The maximum absolute atomic E-state index is 11.0. The first kappa shape index (κ1) is 17.1. The molecule has 0 amide bonds. The summed E-state index contributed by atoms with van der Waals surface area (Å²) in [7, 11) is 0. The summed E-state index contributed by atoms with van der Waals surface area (Å²) in [5.41, 5.74) is 0.341. The van der Waals surface area contributed by atoms with Gasteiger partial charge < -0.3 is 9.67 Å². The summed E-state index contributed by atoms with van der Waals surface area (Å²) >= 11 is 6.31. The van der Waals surface area contributed by atoms with Crippen molar-refractivity contribution in [1.82, 2.24) is 4.57 Å². The molecule has 1 N–H and O–H groups in total. The molecule has 0 fully saturated rings. The number of carbonyl (C=O) groups is 1. The lowest BCUT2D eigenvalue weighted by molar-refractivity contribution is 0.0685. The van der Waals surface area contributed by atoms with Gasteiger partial charge in [0.2, 0.25) is 0 Å². The Morgan fingerprint density at radius 2 is 1.95 bits per heavy atom. The van der Waals surface area contributed by atoms with Gasteiger partial charge in [0.1, 0.15) is 5.69 Å². The predicted octanol–water partition coefficient (Wildman–Crippen LogP) is 4.93. The van der Waals surface area contributed by atoms with Crippen LogP contribution in [-0.2, 0) is 6.54 Å². The average molecular weight is 300 g/mol. The van der Waals surface area contributed by atoms with E-state index < -0.39 is 5.97 Å². The molecule has 20 heavy (non-hydrogen) atoms. The topological polar surface area (TPSA) is 42.2 Å². The van der Waals surface area contributed by atoms with Crippen LogP contribution >= 0.6 is 11.6 Å². The van der Waals surface area contributed by atoms with Crippen LogP contribution < -0.4 is 0 Å². The van der Waals surface area contributed by atoms with Gasteiger partial charge in [-0.15, -0.1) is 11.6 Å². The number of halogens is 1. The first-order chi connectivity index (χ1) is 9.65. The van der Waals surface area contributed by atoms with E-state index in [4.69, 9.17) is 16.7 Å². The number of rotatable bonds is 11. The zero-order chi connectivity index (χ0) is 14.8. The number of carboxylic acids is 1. The number of hydrogen-bond acceptors (Lipinski definition) is 1. The molecule has 1 aromatic rings. The first-order valence-electron chi connectivity index (χ1n) is 7.67. The lowest BCUT2D eigenvalue weighted by Crippen LogP contribution is -2.11. The minimum atomic E-state index is -0.878. The van der Waals surface area contributed by atoms with Crippen LogP contribution in [0.4, 0.5) is 0 Å². The quantitative estimate of drug-likeness (QED) is 0.465. The predicted molar refractivity (Wildman–Crippen MR) is 83.6 cm³/mol. The van der Waals surface area contributed by atoms with Crippen LogP contribution in [0, 0.1) is 0 Å². The Labute approximate surface area is 126 Å². The number of hydrogen-bond donors (Lipinski definition) is 1. The van der Waals surface area contributed by atoms with Crippen LogP contribution in [-0.4, -0.2) is 21.0 Å². The SMILES string of the molecule is CCCCCCCCC(Cl)CCn1cccc1C(=O)O. The second kappa shape index (κ2) is 9.87. The molecular weight excluding hydrogens is 274 g/mol. The van der Waals surface area contributed by atoms with Gasteiger partial charge >= 0.3 is 5.97 Å². The second-order valence-corrected chi connectivity index (χ2v) is 5.95. The van der Waals surface area contributed by atoms with Gasteiger partial charge in [-0.3, -0.25) is 0 Å². The highest BCUT2D eigenvalue weighted by atomic mass is 35.5. The zero-order valence-electron chi connectivity index (χ0n) is 12.4. The minimum Gasteiger partial charge on any atom is -0.477 e. The lowest BCUT2D eigenvalue weighted by atomic mass is 10.1. The fraction of sp³-hybridized carbons (Fsp3) is 0.688. The Hall–Kier alpha value is -0.960. The van der Waals surface area contributed by atoms with Gasteiger partial charge in [0, 0.05) is 18.1 Å². The van der Waals surface area contributed by atoms with Crippen LogP contribution in [0.25, 0.3) is 0 Å². The number of unbranched alkanes of at least 4 members (excludes halogenated alkanes) is 5. The van der Waals surface area contributed by atoms with Gasteiger partial charge in [0.25, 0.3) is 0 Å². The van der Waals surface area contributed by atoms with Crippen LogP contribution in [0.15, 0.2) is 18.3 Å². The number of aryl methyl sites for hydroxylation is 1. The molecule has 1 rings (SSSR count). The molecule has 0 bridgehead atoms. The third-order valence-corrected chi connectivity index (χ3v) is 4.04. The molecule has 1 unspecified atom stereocenters. The summed E-state index contributed by atoms with van der Waals surface area (Å²) in [6.07, 6.45) is 11.3. The Kier molecular flexibility index (Phi) is 8.43. The van der Waals surface area contributed by atoms with E-state index in [2.05, 4.69) is 6.92 Å². The van der Waals surface area contributed by atoms with E-state index >= 15 is 0 Å². The minimum absolute atomic E-state index is 0.144. The van der Waals surface area contributed by atoms with Crippen molar-refractivity contribution in [3.8, 4) is 0 Å². The standard InChI is InChI=1S/C16H26ClNO2/c1-2-3-4-5-6-7-9-14(17)11-13-18-12-8-10-15(18)16(19)20/h8,10,12,14H,2-7,9,11,13H2,1H3,(H,19,20). The molecule has 1 atom stereocenters. The molecule has 0 aromatic carbocycles. The molecule has 4 heteroatoms. The maximum Gasteiger partial charge on any atom is 0.352 e. The molecule has 1 aromatic heterocycles. The molecule has 0 aliphatic heterocycles. The van der Waals surface area contributed by atoms with Crippen molar-refractivity contribution in [3.05, 3.63) is 24.0 Å². The number of alkyl halides is 1. The van der Waals surface area contributed by atoms with E-state index in [1.54, 1.807) is 22.9 Å². The van der Waals surface area contributed by atoms with Crippen LogP contribution in [0.2, 0.25) is 0 Å². The molecule has 0 spiro atoms. The van der Waals surface area contributed by atoms with Crippen molar-refractivity contribution in [2.24, 2.45) is 0 Å². The van der Waals surface area contributed by atoms with E-state index in [0.717, 1.165) is 12.8 Å². The van der Waals surface area contributed by atoms with Gasteiger partial charge in [0.15, 0.2) is 0 Å². The second-order valence-electron chi connectivity index (χ2n) is 5.33. The average Bonchev–Trinajstić information content (AvgIpc) is 2.89. The molecule has 3 nitrogen and oxygen atoms in total. The first-order valence-corrected chi connectivity index (χ1v) is 8.11. The van der Waals surface area contributed by atoms with E-state index in [1.807, 2.05) is 0 Å². The van der Waals surface area contributed by atoms with Crippen LogP contribution in [0.3, 0.4) is 0 Å². The fourth-order valence-corrected chi connectivity index (χ4v) is 2.62. The monoisotopic (exact) mass is 299 g/mol. The Balaban J connectivity index is 2.15. The highest BCUT2D eigenvalue weighted by Crippen LogP contribution is 2.16. The van der Waals surface area contributed by atoms with E-state index in [9.17, 15) is 4.79 Å². The van der Waals surface area contributed by atoms with Crippen molar-refractivity contribution >= 4 is 17.6 Å². The Bertz CT molecular complexity index is 390. The summed E-state index contributed by atoms with van der Waals surface area (Å²) < 4.78 is 1.76. The van der Waals surface area contributed by atoms with Gasteiger partial charge in [0.05, 0.1) is 0 Å². The van der Waals surface area contributed by atoms with Crippen molar-refractivity contribution in [2.75, 3.05) is 0 Å². The number of aromatic nitrogens is 1. The normalized spacial score (nSPS) is 12.5. The molecule has 1 heterocycles. The third kappa shape index (κ3) is 6.47. The molecule has 0 aliphatic rings. The highest BCUT2D eigenvalue weighted by Gasteiger charge is 2.10. The lowest BCUT2D eigenvalue weighted by Gasteiger charge is -2.11. The molecule has 0 saturated heterocycles. The van der Waals surface area contributed by atoms with Crippen LogP contribution in [0.5, 0.6) is 0 Å². The van der Waals surface area contributed by atoms with Crippen molar-refractivity contribution < 1.29 is 9.90 Å². The molecule has 0 aliphatic carbocycles. The number of nitrogens with zero attached hydrogens (tertiary/aromatic N) is 1. The highest BCUT2D eigenvalue weighted by molar-refractivity contribution is 6.20. The molecular formula is C16H26ClNO2. The Morgan fingerprint density at radius 3 is 2.65 bits per heavy atom. The van der Waals surface area contributed by atoms with Gasteiger partial charge in [-0.2, -0.15) is 0 Å². The maximum atomic E-state index is 11.0. The fourth-order valence-electron chi connectivity index (χ4n) is 2.37.